The Balaban J connectivity index is 1.45. The van der Waals surface area contributed by atoms with Gasteiger partial charge in [-0.05, 0) is 50.1 Å². The molecule has 1 aromatic heterocycles. The minimum Gasteiger partial charge on any atom is -0.449 e. The third-order valence-electron chi connectivity index (χ3n) is 4.75. The smallest absolute Gasteiger partial charge is 0.291 e. The summed E-state index contributed by atoms with van der Waals surface area (Å²) < 4.78 is 11.0. The zero-order valence-corrected chi connectivity index (χ0v) is 16.0. The first-order valence-electron chi connectivity index (χ1n) is 9.04. The van der Waals surface area contributed by atoms with Crippen molar-refractivity contribution in [3.8, 4) is 0 Å². The summed E-state index contributed by atoms with van der Waals surface area (Å²) in [4.78, 5) is 24.7. The molecule has 1 saturated heterocycles. The normalized spacial score (nSPS) is 16.3. The van der Waals surface area contributed by atoms with E-state index in [0.29, 0.717) is 28.6 Å². The van der Waals surface area contributed by atoms with E-state index >= 15 is 0 Å². The molecule has 2 aromatic carbocycles. The number of amides is 2. The Morgan fingerprint density at radius 1 is 1.07 bits per heavy atom. The largest absolute Gasteiger partial charge is 0.449 e. The van der Waals surface area contributed by atoms with Gasteiger partial charge in [-0.2, -0.15) is 0 Å². The maximum Gasteiger partial charge on any atom is 0.291 e. The molecule has 0 aliphatic carbocycles. The number of halogens is 1. The molecule has 4 rings (SSSR count). The molecule has 1 aliphatic heterocycles. The molecule has 1 unspecified atom stereocenters. The van der Waals surface area contributed by atoms with Crippen LogP contribution in [-0.4, -0.2) is 24.5 Å². The Kier molecular flexibility index (Phi) is 5.07. The van der Waals surface area contributed by atoms with E-state index in [-0.39, 0.29) is 23.7 Å². The number of fused-ring (bicyclic) bond motifs is 1. The highest BCUT2D eigenvalue weighted by molar-refractivity contribution is 6.35. The van der Waals surface area contributed by atoms with Gasteiger partial charge in [-0.1, -0.05) is 23.7 Å². The van der Waals surface area contributed by atoms with E-state index in [0.717, 1.165) is 23.8 Å². The van der Waals surface area contributed by atoms with Gasteiger partial charge in [-0.15, -0.1) is 0 Å². The van der Waals surface area contributed by atoms with Crippen molar-refractivity contribution in [3.05, 3.63) is 58.8 Å². The van der Waals surface area contributed by atoms with Gasteiger partial charge in [0.1, 0.15) is 6.10 Å². The molecule has 144 valence electrons. The molecular weight excluding hydrogens is 380 g/mol. The Hall–Kier alpha value is -2.83. The highest BCUT2D eigenvalue weighted by atomic mass is 35.5. The van der Waals surface area contributed by atoms with Crippen LogP contribution in [0.5, 0.6) is 0 Å². The molecule has 3 aromatic rings. The second-order valence-electron chi connectivity index (χ2n) is 6.70. The molecule has 0 bridgehead atoms. The Labute approximate surface area is 166 Å². The number of benzene rings is 2. The zero-order valence-electron chi connectivity index (χ0n) is 15.3. The summed E-state index contributed by atoms with van der Waals surface area (Å²) in [6.07, 6.45) is 1.25. The topological polar surface area (TPSA) is 80.6 Å². The number of anilines is 2. The third-order valence-corrected chi connectivity index (χ3v) is 5.05. The summed E-state index contributed by atoms with van der Waals surface area (Å²) in [6, 6.07) is 12.3. The van der Waals surface area contributed by atoms with Gasteiger partial charge in [0, 0.05) is 28.9 Å². The predicted octanol–water partition coefficient (Wildman–Crippen LogP) is 4.76. The van der Waals surface area contributed by atoms with E-state index in [1.165, 1.54) is 0 Å². The summed E-state index contributed by atoms with van der Waals surface area (Å²) in [7, 11) is 0. The van der Waals surface area contributed by atoms with E-state index in [1.807, 2.05) is 19.1 Å². The number of nitrogens with one attached hydrogen (secondary N) is 2. The van der Waals surface area contributed by atoms with Crippen LogP contribution in [-0.2, 0) is 9.53 Å². The lowest BCUT2D eigenvalue weighted by Gasteiger charge is -2.11. The molecule has 6 nitrogen and oxygen atoms in total. The average molecular weight is 399 g/mol. The van der Waals surface area contributed by atoms with Gasteiger partial charge in [-0.3, -0.25) is 9.59 Å². The molecule has 1 atom stereocenters. The van der Waals surface area contributed by atoms with Crippen LogP contribution in [0.1, 0.15) is 29.0 Å². The fraction of sp³-hybridized carbons (Fsp3) is 0.238. The maximum atomic E-state index is 12.6. The van der Waals surface area contributed by atoms with Gasteiger partial charge in [0.2, 0.25) is 0 Å². The first-order chi connectivity index (χ1) is 13.5. The number of hydrogen-bond donors (Lipinski definition) is 2. The number of aryl methyl sites for hydroxylation is 1. The fourth-order valence-electron chi connectivity index (χ4n) is 3.26. The van der Waals surface area contributed by atoms with Crippen molar-refractivity contribution in [1.29, 1.82) is 0 Å². The van der Waals surface area contributed by atoms with Crippen molar-refractivity contribution in [2.45, 2.75) is 25.9 Å². The Morgan fingerprint density at radius 2 is 1.79 bits per heavy atom. The number of rotatable bonds is 4. The van der Waals surface area contributed by atoms with Crippen molar-refractivity contribution < 1.29 is 18.7 Å². The molecule has 2 N–H and O–H groups in total. The van der Waals surface area contributed by atoms with Crippen LogP contribution in [0, 0.1) is 6.92 Å². The molecule has 28 heavy (non-hydrogen) atoms. The summed E-state index contributed by atoms with van der Waals surface area (Å²) in [6.45, 7) is 2.44. The Bertz CT molecular complexity index is 1040. The second-order valence-corrected chi connectivity index (χ2v) is 7.10. The lowest BCUT2D eigenvalue weighted by Crippen LogP contribution is -2.26. The predicted molar refractivity (Wildman–Crippen MR) is 108 cm³/mol. The minimum atomic E-state index is -0.387. The first-order valence-corrected chi connectivity index (χ1v) is 9.42. The van der Waals surface area contributed by atoms with Gasteiger partial charge in [0.25, 0.3) is 11.8 Å². The standard InChI is InChI=1S/C21H19ClN2O4/c1-12-15-4-2-5-16(22)19(15)28-18(12)21(26)24-14-9-7-13(8-10-14)23-20(25)17-6-3-11-27-17/h2,4-5,7-10,17H,3,6,11H2,1H3,(H,23,25)(H,24,26). The van der Waals surface area contributed by atoms with Crippen LogP contribution >= 0.6 is 11.6 Å². The molecule has 1 fully saturated rings. The van der Waals surface area contributed by atoms with Crippen LogP contribution in [0.3, 0.4) is 0 Å². The van der Waals surface area contributed by atoms with E-state index in [2.05, 4.69) is 10.6 Å². The lowest BCUT2D eigenvalue weighted by atomic mass is 10.1. The number of furan rings is 1. The van der Waals surface area contributed by atoms with Crippen molar-refractivity contribution in [2.75, 3.05) is 17.2 Å². The first kappa shape index (κ1) is 18.5. The summed E-state index contributed by atoms with van der Waals surface area (Å²) in [5.74, 6) is -0.288. The number of para-hydroxylation sites is 1. The molecule has 2 amide bonds. The molecule has 7 heteroatoms. The molecule has 1 aliphatic rings. The highest BCUT2D eigenvalue weighted by Gasteiger charge is 2.23. The third kappa shape index (κ3) is 3.61. The van der Waals surface area contributed by atoms with E-state index in [1.54, 1.807) is 30.3 Å². The van der Waals surface area contributed by atoms with Crippen molar-refractivity contribution >= 4 is 45.8 Å². The van der Waals surface area contributed by atoms with Gasteiger partial charge in [0.05, 0.1) is 5.02 Å². The van der Waals surface area contributed by atoms with Gasteiger partial charge >= 0.3 is 0 Å². The van der Waals surface area contributed by atoms with Crippen LogP contribution < -0.4 is 10.6 Å². The van der Waals surface area contributed by atoms with Crippen molar-refractivity contribution in [1.82, 2.24) is 0 Å². The van der Waals surface area contributed by atoms with Gasteiger partial charge in [-0.25, -0.2) is 0 Å². The number of ether oxygens (including phenoxy) is 1. The molecule has 0 radical (unpaired) electrons. The lowest BCUT2D eigenvalue weighted by molar-refractivity contribution is -0.124. The molecule has 0 saturated carbocycles. The summed E-state index contributed by atoms with van der Waals surface area (Å²) >= 11 is 6.14. The van der Waals surface area contributed by atoms with E-state index in [4.69, 9.17) is 20.8 Å². The van der Waals surface area contributed by atoms with Gasteiger partial charge < -0.3 is 19.8 Å². The minimum absolute atomic E-state index is 0.149. The quantitative estimate of drug-likeness (QED) is 0.663. The zero-order chi connectivity index (χ0) is 19.7. The number of carbonyl (C=O) groups is 2. The second kappa shape index (κ2) is 7.66. The van der Waals surface area contributed by atoms with Gasteiger partial charge in [0.15, 0.2) is 11.3 Å². The van der Waals surface area contributed by atoms with Crippen LogP contribution in [0.25, 0.3) is 11.0 Å². The number of carbonyl (C=O) groups excluding carboxylic acids is 2. The molecular formula is C21H19ClN2O4. The maximum absolute atomic E-state index is 12.6. The summed E-state index contributed by atoms with van der Waals surface area (Å²) in [5.41, 5.74) is 2.46. The summed E-state index contributed by atoms with van der Waals surface area (Å²) in [5, 5.41) is 6.90. The van der Waals surface area contributed by atoms with E-state index < -0.39 is 0 Å². The molecule has 0 spiro atoms. The van der Waals surface area contributed by atoms with Crippen LogP contribution in [0.2, 0.25) is 5.02 Å². The highest BCUT2D eigenvalue weighted by Crippen LogP contribution is 2.31. The van der Waals surface area contributed by atoms with Crippen molar-refractivity contribution in [3.63, 3.8) is 0 Å². The van der Waals surface area contributed by atoms with Crippen molar-refractivity contribution in [2.24, 2.45) is 0 Å². The fourth-order valence-corrected chi connectivity index (χ4v) is 3.47. The van der Waals surface area contributed by atoms with Crippen LogP contribution in [0.15, 0.2) is 46.9 Å². The SMILES string of the molecule is Cc1c(C(=O)Nc2ccc(NC(=O)C3CCCO3)cc2)oc2c(Cl)cccc12. The van der Waals surface area contributed by atoms with E-state index in [9.17, 15) is 9.59 Å². The number of hydrogen-bond acceptors (Lipinski definition) is 4. The Morgan fingerprint density at radius 3 is 2.43 bits per heavy atom. The molecule has 2 heterocycles. The average Bonchev–Trinajstić information content (AvgIpc) is 3.33. The monoisotopic (exact) mass is 398 g/mol. The van der Waals surface area contributed by atoms with Crippen LogP contribution in [0.4, 0.5) is 11.4 Å².